The number of allylic oxidation sites excluding steroid dienone is 1. The lowest BCUT2D eigenvalue weighted by Gasteiger charge is -1.99. The molecule has 0 amide bonds. The van der Waals surface area contributed by atoms with Crippen molar-refractivity contribution in [1.29, 1.82) is 5.41 Å². The van der Waals surface area contributed by atoms with Crippen LogP contribution in [0.4, 0.5) is 4.39 Å². The van der Waals surface area contributed by atoms with Crippen LogP contribution in [-0.2, 0) is 0 Å². The van der Waals surface area contributed by atoms with E-state index < -0.39 is 0 Å². The summed E-state index contributed by atoms with van der Waals surface area (Å²) in [6.07, 6.45) is 5.99. The van der Waals surface area contributed by atoms with E-state index >= 15 is 0 Å². The van der Waals surface area contributed by atoms with Crippen molar-refractivity contribution in [2.45, 2.75) is 13.3 Å². The third-order valence-corrected chi connectivity index (χ3v) is 1.74. The van der Waals surface area contributed by atoms with Crippen LogP contribution in [-0.4, -0.2) is 6.21 Å². The van der Waals surface area contributed by atoms with Gasteiger partial charge in [-0.2, -0.15) is 0 Å². The number of benzene rings is 1. The van der Waals surface area contributed by atoms with E-state index in [-0.39, 0.29) is 5.82 Å². The number of halogens is 1. The summed E-state index contributed by atoms with van der Waals surface area (Å²) in [7, 11) is 0. The molecule has 0 aromatic heterocycles. The van der Waals surface area contributed by atoms with Gasteiger partial charge in [-0.1, -0.05) is 25.1 Å². The molecule has 0 unspecified atom stereocenters. The summed E-state index contributed by atoms with van der Waals surface area (Å²) in [5, 5.41) is 7.09. The maximum absolute atomic E-state index is 12.7. The first-order chi connectivity index (χ1) is 6.27. The van der Waals surface area contributed by atoms with Gasteiger partial charge >= 0.3 is 0 Å². The number of rotatable bonds is 3. The van der Waals surface area contributed by atoms with Crippen molar-refractivity contribution in [2.75, 3.05) is 0 Å². The predicted octanol–water partition coefficient (Wildman–Crippen LogP) is 3.25. The van der Waals surface area contributed by atoms with E-state index in [1.165, 1.54) is 18.3 Å². The summed E-state index contributed by atoms with van der Waals surface area (Å²) in [6, 6.07) is 4.45. The van der Waals surface area contributed by atoms with Crippen molar-refractivity contribution < 1.29 is 4.39 Å². The van der Waals surface area contributed by atoms with Crippen molar-refractivity contribution in [3.05, 3.63) is 41.2 Å². The smallest absolute Gasteiger partial charge is 0.123 e. The molecule has 0 saturated heterocycles. The molecule has 1 N–H and O–H groups in total. The summed E-state index contributed by atoms with van der Waals surface area (Å²) in [4.78, 5) is 0. The van der Waals surface area contributed by atoms with Gasteiger partial charge in [0.25, 0.3) is 0 Å². The fourth-order valence-electron chi connectivity index (χ4n) is 1.07. The van der Waals surface area contributed by atoms with Crippen molar-refractivity contribution >= 4 is 12.3 Å². The largest absolute Gasteiger partial charge is 0.308 e. The highest BCUT2D eigenvalue weighted by Crippen LogP contribution is 2.11. The van der Waals surface area contributed by atoms with Crippen molar-refractivity contribution in [1.82, 2.24) is 0 Å². The van der Waals surface area contributed by atoms with Gasteiger partial charge in [0.15, 0.2) is 0 Å². The molecule has 13 heavy (non-hydrogen) atoms. The zero-order valence-electron chi connectivity index (χ0n) is 7.55. The maximum atomic E-state index is 12.7. The van der Waals surface area contributed by atoms with Crippen LogP contribution in [0.5, 0.6) is 0 Å². The summed E-state index contributed by atoms with van der Waals surface area (Å²) in [6.45, 7) is 2.03. The first kappa shape index (κ1) is 9.65. The molecule has 0 aliphatic heterocycles. The zero-order chi connectivity index (χ0) is 9.68. The minimum absolute atomic E-state index is 0.299. The third kappa shape index (κ3) is 2.51. The molecule has 2 heteroatoms. The molecule has 0 radical (unpaired) electrons. The SMILES string of the molecule is CC/C=C\c1ccc(F)cc1C=N. The quantitative estimate of drug-likeness (QED) is 0.685. The number of hydrogen-bond donors (Lipinski definition) is 1. The van der Waals surface area contributed by atoms with Crippen LogP contribution in [0.2, 0.25) is 0 Å². The Kier molecular flexibility index (Phi) is 3.38. The fourth-order valence-corrected chi connectivity index (χ4v) is 1.07. The highest BCUT2D eigenvalue weighted by atomic mass is 19.1. The second-order valence-corrected chi connectivity index (χ2v) is 2.73. The molecule has 1 rings (SSSR count). The normalized spacial score (nSPS) is 10.6. The topological polar surface area (TPSA) is 23.9 Å². The fraction of sp³-hybridized carbons (Fsp3) is 0.182. The molecule has 0 aliphatic rings. The lowest BCUT2D eigenvalue weighted by molar-refractivity contribution is 0.627. The number of nitrogens with one attached hydrogen (secondary N) is 1. The molecule has 0 heterocycles. The summed E-state index contributed by atoms with van der Waals surface area (Å²) >= 11 is 0. The molecule has 0 saturated carbocycles. The van der Waals surface area contributed by atoms with Gasteiger partial charge in [-0.3, -0.25) is 0 Å². The van der Waals surface area contributed by atoms with Gasteiger partial charge in [-0.15, -0.1) is 0 Å². The van der Waals surface area contributed by atoms with Crippen LogP contribution in [0.25, 0.3) is 6.08 Å². The Morgan fingerprint density at radius 3 is 2.77 bits per heavy atom. The standard InChI is InChI=1S/C11H12FN/c1-2-3-4-9-5-6-11(12)7-10(9)8-13/h3-8,13H,2H2,1H3/b4-3-,13-8?. The van der Waals surface area contributed by atoms with Gasteiger partial charge in [0.2, 0.25) is 0 Å². The van der Waals surface area contributed by atoms with Gasteiger partial charge in [-0.05, 0) is 24.1 Å². The lowest BCUT2D eigenvalue weighted by Crippen LogP contribution is -1.87. The van der Waals surface area contributed by atoms with Crippen LogP contribution < -0.4 is 0 Å². The van der Waals surface area contributed by atoms with Crippen LogP contribution in [0.15, 0.2) is 24.3 Å². The molecule has 68 valence electrons. The Hall–Kier alpha value is -1.44. The summed E-state index contributed by atoms with van der Waals surface area (Å²) in [5.74, 6) is -0.299. The van der Waals surface area contributed by atoms with Crippen LogP contribution in [0, 0.1) is 11.2 Å². The van der Waals surface area contributed by atoms with E-state index in [2.05, 4.69) is 0 Å². The highest BCUT2D eigenvalue weighted by Gasteiger charge is 1.97. The van der Waals surface area contributed by atoms with Crippen molar-refractivity contribution in [2.24, 2.45) is 0 Å². The van der Waals surface area contributed by atoms with E-state index in [4.69, 9.17) is 5.41 Å². The number of hydrogen-bond acceptors (Lipinski definition) is 1. The Morgan fingerprint density at radius 1 is 1.38 bits per heavy atom. The summed E-state index contributed by atoms with van der Waals surface area (Å²) < 4.78 is 12.7. The van der Waals surface area contributed by atoms with Crippen molar-refractivity contribution in [3.8, 4) is 0 Å². The van der Waals surface area contributed by atoms with Crippen molar-refractivity contribution in [3.63, 3.8) is 0 Å². The molecule has 0 aliphatic carbocycles. The Balaban J connectivity index is 3.06. The Labute approximate surface area is 77.4 Å². The second kappa shape index (κ2) is 4.55. The van der Waals surface area contributed by atoms with E-state index in [9.17, 15) is 4.39 Å². The highest BCUT2D eigenvalue weighted by molar-refractivity contribution is 5.83. The molecule has 1 nitrogen and oxygen atoms in total. The van der Waals surface area contributed by atoms with Gasteiger partial charge < -0.3 is 5.41 Å². The van der Waals surface area contributed by atoms with E-state index in [1.807, 2.05) is 19.1 Å². The maximum Gasteiger partial charge on any atom is 0.123 e. The first-order valence-electron chi connectivity index (χ1n) is 4.24. The minimum atomic E-state index is -0.299. The molecule has 0 bridgehead atoms. The third-order valence-electron chi connectivity index (χ3n) is 1.74. The van der Waals surface area contributed by atoms with Gasteiger partial charge in [0.1, 0.15) is 5.82 Å². The minimum Gasteiger partial charge on any atom is -0.308 e. The molecule has 0 atom stereocenters. The van der Waals surface area contributed by atoms with Crippen LogP contribution in [0.3, 0.4) is 0 Å². The molecule has 0 fully saturated rings. The molecular formula is C11H12FN. The average molecular weight is 177 g/mol. The summed E-state index contributed by atoms with van der Waals surface area (Å²) in [5.41, 5.74) is 1.50. The molecule has 1 aromatic carbocycles. The van der Waals surface area contributed by atoms with E-state index in [0.29, 0.717) is 5.56 Å². The Bertz CT molecular complexity index is 329. The van der Waals surface area contributed by atoms with Gasteiger partial charge in [-0.25, -0.2) is 4.39 Å². The monoisotopic (exact) mass is 177 g/mol. The predicted molar refractivity (Wildman–Crippen MR) is 53.6 cm³/mol. The second-order valence-electron chi connectivity index (χ2n) is 2.73. The van der Waals surface area contributed by atoms with E-state index in [1.54, 1.807) is 6.07 Å². The molecular weight excluding hydrogens is 165 g/mol. The molecule has 0 spiro atoms. The van der Waals surface area contributed by atoms with Gasteiger partial charge in [0, 0.05) is 11.8 Å². The lowest BCUT2D eigenvalue weighted by atomic mass is 10.1. The van der Waals surface area contributed by atoms with Crippen LogP contribution >= 0.6 is 0 Å². The average Bonchev–Trinajstić information content (AvgIpc) is 2.16. The van der Waals surface area contributed by atoms with E-state index in [0.717, 1.165) is 12.0 Å². The van der Waals surface area contributed by atoms with Crippen LogP contribution in [0.1, 0.15) is 24.5 Å². The zero-order valence-corrected chi connectivity index (χ0v) is 7.55. The first-order valence-corrected chi connectivity index (χ1v) is 4.24. The molecule has 1 aromatic rings. The Morgan fingerprint density at radius 2 is 2.15 bits per heavy atom. The van der Waals surface area contributed by atoms with Gasteiger partial charge in [0.05, 0.1) is 0 Å².